The summed E-state index contributed by atoms with van der Waals surface area (Å²) in [6, 6.07) is 10.9. The number of nitrogens with one attached hydrogen (secondary N) is 1. The van der Waals surface area contributed by atoms with Gasteiger partial charge in [-0.3, -0.25) is 0 Å². The minimum Gasteiger partial charge on any atom is -0.445 e. The van der Waals surface area contributed by atoms with Crippen LogP contribution < -0.4 is 5.32 Å². The van der Waals surface area contributed by atoms with E-state index in [-0.39, 0.29) is 26.1 Å². The first-order valence-electron chi connectivity index (χ1n) is 8.81. The molecule has 1 amide bonds. The van der Waals surface area contributed by atoms with Crippen LogP contribution in [0.5, 0.6) is 0 Å². The number of rotatable bonds is 5. The van der Waals surface area contributed by atoms with E-state index in [0.29, 0.717) is 5.82 Å². The van der Waals surface area contributed by atoms with Crippen LogP contribution in [0.3, 0.4) is 0 Å². The molecule has 1 saturated heterocycles. The van der Waals surface area contributed by atoms with Crippen molar-refractivity contribution < 1.29 is 18.3 Å². The first kappa shape index (κ1) is 19.0. The van der Waals surface area contributed by atoms with Gasteiger partial charge in [0.2, 0.25) is 0 Å². The Hall–Kier alpha value is -2.77. The molecule has 1 aliphatic rings. The molecule has 0 unspecified atom stereocenters. The molecule has 1 N–H and O–H groups in total. The molecule has 6 nitrogen and oxygen atoms in total. The molecular weight excluding hydrogens is 354 g/mol. The molecule has 1 aromatic carbocycles. The fraction of sp³-hybridized carbons (Fsp3) is 0.421. The average Bonchev–Trinajstić information content (AvgIpc) is 2.66. The zero-order valence-electron chi connectivity index (χ0n) is 15.1. The fourth-order valence-corrected chi connectivity index (χ4v) is 2.94. The van der Waals surface area contributed by atoms with Gasteiger partial charge in [0.15, 0.2) is 0 Å². The zero-order chi connectivity index (χ0) is 19.3. The predicted octanol–water partition coefficient (Wildman–Crippen LogP) is 3.49. The average molecular weight is 376 g/mol. The molecule has 8 heteroatoms. The largest absolute Gasteiger partial charge is 0.445 e. The third kappa shape index (κ3) is 5.12. The van der Waals surface area contributed by atoms with Gasteiger partial charge in [-0.05, 0) is 31.0 Å². The molecule has 1 atom stereocenters. The Morgan fingerprint density at radius 3 is 2.78 bits per heavy atom. The number of ether oxygens (including phenoxy) is 1. The number of amides is 1. The van der Waals surface area contributed by atoms with Gasteiger partial charge >= 0.3 is 6.09 Å². The standard InChI is InChI=1S/C19H22F2N4O2/c1-14-4-6-15(7-5-14)12-27-18(26)25-10-8-16(19(20,21)13-25)11-22-17-3-2-9-23-24-17/h2-7,9,16H,8,10-13H2,1H3,(H,22,24)/t16-/m0/s1. The van der Waals surface area contributed by atoms with Crippen molar-refractivity contribution in [1.29, 1.82) is 0 Å². The van der Waals surface area contributed by atoms with Crippen molar-refractivity contribution in [3.05, 3.63) is 53.7 Å². The van der Waals surface area contributed by atoms with Gasteiger partial charge in [-0.1, -0.05) is 29.8 Å². The lowest BCUT2D eigenvalue weighted by Crippen LogP contribution is -2.52. The van der Waals surface area contributed by atoms with Crippen LogP contribution in [0.1, 0.15) is 17.5 Å². The van der Waals surface area contributed by atoms with E-state index in [1.165, 1.54) is 6.20 Å². The van der Waals surface area contributed by atoms with E-state index in [1.54, 1.807) is 12.1 Å². The van der Waals surface area contributed by atoms with Crippen molar-refractivity contribution in [2.45, 2.75) is 25.9 Å². The van der Waals surface area contributed by atoms with E-state index in [2.05, 4.69) is 15.5 Å². The van der Waals surface area contributed by atoms with Gasteiger partial charge in [0.1, 0.15) is 12.4 Å². The Morgan fingerprint density at radius 2 is 2.11 bits per heavy atom. The first-order valence-corrected chi connectivity index (χ1v) is 8.81. The zero-order valence-corrected chi connectivity index (χ0v) is 15.1. The van der Waals surface area contributed by atoms with E-state index in [0.717, 1.165) is 16.0 Å². The molecule has 1 aromatic heterocycles. The van der Waals surface area contributed by atoms with Crippen LogP contribution in [0.2, 0.25) is 0 Å². The maximum Gasteiger partial charge on any atom is 0.410 e. The summed E-state index contributed by atoms with van der Waals surface area (Å²) < 4.78 is 34.1. The maximum absolute atomic E-state index is 14.5. The molecule has 0 radical (unpaired) electrons. The summed E-state index contributed by atoms with van der Waals surface area (Å²) in [5.41, 5.74) is 1.92. The van der Waals surface area contributed by atoms with Crippen LogP contribution in [-0.2, 0) is 11.3 Å². The number of carbonyl (C=O) groups excluding carboxylic acids is 1. The quantitative estimate of drug-likeness (QED) is 0.865. The maximum atomic E-state index is 14.5. The predicted molar refractivity (Wildman–Crippen MR) is 96.5 cm³/mol. The molecule has 3 rings (SSSR count). The van der Waals surface area contributed by atoms with Crippen molar-refractivity contribution in [1.82, 2.24) is 15.1 Å². The second-order valence-corrected chi connectivity index (χ2v) is 6.70. The Balaban J connectivity index is 1.49. The number of aryl methyl sites for hydroxylation is 1. The third-order valence-corrected chi connectivity index (χ3v) is 4.59. The van der Waals surface area contributed by atoms with Gasteiger partial charge in [-0.25, -0.2) is 13.6 Å². The molecule has 0 bridgehead atoms. The molecule has 27 heavy (non-hydrogen) atoms. The van der Waals surface area contributed by atoms with Crippen molar-refractivity contribution in [2.24, 2.45) is 5.92 Å². The van der Waals surface area contributed by atoms with Crippen molar-refractivity contribution in [3.63, 3.8) is 0 Å². The monoisotopic (exact) mass is 376 g/mol. The number of benzene rings is 1. The smallest absolute Gasteiger partial charge is 0.410 e. The number of hydrogen-bond donors (Lipinski definition) is 1. The summed E-state index contributed by atoms with van der Waals surface area (Å²) in [6.07, 6.45) is 0.982. The highest BCUT2D eigenvalue weighted by Gasteiger charge is 2.46. The molecule has 2 aromatic rings. The molecule has 1 fully saturated rings. The lowest BCUT2D eigenvalue weighted by atomic mass is 9.93. The Labute approximate surface area is 156 Å². The number of nitrogens with zero attached hydrogens (tertiary/aromatic N) is 3. The van der Waals surface area contributed by atoms with Gasteiger partial charge in [0, 0.05) is 25.2 Å². The van der Waals surface area contributed by atoms with Gasteiger partial charge < -0.3 is 15.0 Å². The minimum atomic E-state index is -3.00. The normalized spacial score (nSPS) is 18.8. The second-order valence-electron chi connectivity index (χ2n) is 6.70. The van der Waals surface area contributed by atoms with E-state index in [4.69, 9.17) is 4.74 Å². The molecular formula is C19H22F2N4O2. The molecule has 2 heterocycles. The Kier molecular flexibility index (Phi) is 5.83. The summed E-state index contributed by atoms with van der Waals surface area (Å²) in [5.74, 6) is -3.44. The summed E-state index contributed by atoms with van der Waals surface area (Å²) in [7, 11) is 0. The van der Waals surface area contributed by atoms with E-state index in [9.17, 15) is 13.6 Å². The highest BCUT2D eigenvalue weighted by molar-refractivity contribution is 5.68. The van der Waals surface area contributed by atoms with Crippen LogP contribution in [0.25, 0.3) is 0 Å². The van der Waals surface area contributed by atoms with Gasteiger partial charge in [0.05, 0.1) is 6.54 Å². The molecule has 1 aliphatic heterocycles. The number of alkyl halides is 2. The summed E-state index contributed by atoms with van der Waals surface area (Å²) in [6.45, 7) is 1.68. The number of likely N-dealkylation sites (tertiary alicyclic amines) is 1. The summed E-state index contributed by atoms with van der Waals surface area (Å²) in [5, 5.41) is 10.4. The number of piperidine rings is 1. The van der Waals surface area contributed by atoms with E-state index >= 15 is 0 Å². The Bertz CT molecular complexity index is 756. The summed E-state index contributed by atoms with van der Waals surface area (Å²) in [4.78, 5) is 13.2. The van der Waals surface area contributed by atoms with Crippen LogP contribution >= 0.6 is 0 Å². The van der Waals surface area contributed by atoms with Crippen molar-refractivity contribution in [3.8, 4) is 0 Å². The second kappa shape index (κ2) is 8.28. The number of halogens is 2. The van der Waals surface area contributed by atoms with Crippen molar-refractivity contribution >= 4 is 11.9 Å². The lowest BCUT2D eigenvalue weighted by molar-refractivity contribution is -0.101. The number of aromatic nitrogens is 2. The lowest BCUT2D eigenvalue weighted by Gasteiger charge is -2.37. The third-order valence-electron chi connectivity index (χ3n) is 4.59. The van der Waals surface area contributed by atoms with Crippen LogP contribution in [0.4, 0.5) is 19.4 Å². The molecule has 0 spiro atoms. The van der Waals surface area contributed by atoms with Crippen LogP contribution in [-0.4, -0.2) is 46.7 Å². The Morgan fingerprint density at radius 1 is 1.33 bits per heavy atom. The molecule has 0 saturated carbocycles. The van der Waals surface area contributed by atoms with E-state index in [1.807, 2.05) is 31.2 Å². The van der Waals surface area contributed by atoms with Gasteiger partial charge in [-0.15, -0.1) is 5.10 Å². The SMILES string of the molecule is Cc1ccc(COC(=O)N2CC[C@@H](CNc3cccnn3)C(F)(F)C2)cc1. The highest BCUT2D eigenvalue weighted by atomic mass is 19.3. The van der Waals surface area contributed by atoms with Gasteiger partial charge in [0.25, 0.3) is 5.92 Å². The topological polar surface area (TPSA) is 67.3 Å². The molecule has 144 valence electrons. The number of carbonyl (C=O) groups is 1. The fourth-order valence-electron chi connectivity index (χ4n) is 2.94. The van der Waals surface area contributed by atoms with Crippen LogP contribution in [0, 0.1) is 12.8 Å². The van der Waals surface area contributed by atoms with E-state index < -0.39 is 24.5 Å². The number of anilines is 1. The highest BCUT2D eigenvalue weighted by Crippen LogP contribution is 2.33. The molecule has 0 aliphatic carbocycles. The minimum absolute atomic E-state index is 0.0674. The summed E-state index contributed by atoms with van der Waals surface area (Å²) >= 11 is 0. The first-order chi connectivity index (χ1) is 12.9. The number of hydrogen-bond acceptors (Lipinski definition) is 5. The van der Waals surface area contributed by atoms with Crippen molar-refractivity contribution in [2.75, 3.05) is 25.0 Å². The van der Waals surface area contributed by atoms with Gasteiger partial charge in [-0.2, -0.15) is 5.10 Å². The van der Waals surface area contributed by atoms with Crippen LogP contribution in [0.15, 0.2) is 42.6 Å².